The highest BCUT2D eigenvalue weighted by atomic mass is 16.5. The second-order valence-electron chi connectivity index (χ2n) is 7.76. The Morgan fingerprint density at radius 3 is 2.67 bits per heavy atom. The molecule has 1 aliphatic heterocycles. The first-order valence-electron chi connectivity index (χ1n) is 8.24. The van der Waals surface area contributed by atoms with Gasteiger partial charge >= 0.3 is 0 Å². The fourth-order valence-corrected chi connectivity index (χ4v) is 6.17. The molecule has 0 aromatic carbocycles. The second kappa shape index (κ2) is 3.52. The summed E-state index contributed by atoms with van der Waals surface area (Å²) in [6, 6.07) is 1.69. The monoisotopic (exact) mass is 247 g/mol. The van der Waals surface area contributed by atoms with Crippen molar-refractivity contribution in [3.63, 3.8) is 0 Å². The SMILES string of the molecule is C1CC2(C1)[C@H](N[C@@H]1C[C@H]3CC[C@H]1C3)[C@H]1CCO[C@H]12. The molecule has 2 bridgehead atoms. The Bertz CT molecular complexity index is 364. The van der Waals surface area contributed by atoms with Gasteiger partial charge < -0.3 is 10.1 Å². The number of ether oxygens (including phenoxy) is 1. The molecular weight excluding hydrogens is 222 g/mol. The van der Waals surface area contributed by atoms with Crippen molar-refractivity contribution in [2.24, 2.45) is 23.2 Å². The molecule has 0 radical (unpaired) electrons. The molecule has 1 spiro atoms. The third-order valence-corrected chi connectivity index (χ3v) is 7.17. The minimum atomic E-state index is 0.586. The minimum absolute atomic E-state index is 0.586. The third-order valence-electron chi connectivity index (χ3n) is 7.17. The van der Waals surface area contributed by atoms with E-state index in [0.29, 0.717) is 11.5 Å². The van der Waals surface area contributed by atoms with Crippen molar-refractivity contribution in [3.05, 3.63) is 0 Å². The molecule has 100 valence electrons. The maximum atomic E-state index is 6.03. The molecule has 1 heterocycles. The Hall–Kier alpha value is -0.0800. The van der Waals surface area contributed by atoms with E-state index < -0.39 is 0 Å². The van der Waals surface area contributed by atoms with Gasteiger partial charge in [-0.2, -0.15) is 0 Å². The lowest BCUT2D eigenvalue weighted by molar-refractivity contribution is -0.179. The average molecular weight is 247 g/mol. The fraction of sp³-hybridized carbons (Fsp3) is 1.00. The summed E-state index contributed by atoms with van der Waals surface area (Å²) in [7, 11) is 0. The molecular formula is C16H25NO. The Morgan fingerprint density at radius 1 is 1.06 bits per heavy atom. The van der Waals surface area contributed by atoms with E-state index in [1.165, 1.54) is 51.4 Å². The predicted octanol–water partition coefficient (Wildman–Crippen LogP) is 2.72. The summed E-state index contributed by atoms with van der Waals surface area (Å²) < 4.78 is 6.03. The molecule has 2 heteroatoms. The van der Waals surface area contributed by atoms with Crippen LogP contribution in [0.5, 0.6) is 0 Å². The van der Waals surface area contributed by atoms with E-state index in [2.05, 4.69) is 5.32 Å². The van der Waals surface area contributed by atoms with E-state index in [0.717, 1.165) is 36.4 Å². The Labute approximate surface area is 110 Å². The number of hydrogen-bond acceptors (Lipinski definition) is 2. The van der Waals surface area contributed by atoms with Crippen molar-refractivity contribution >= 4 is 0 Å². The van der Waals surface area contributed by atoms with E-state index in [1.54, 1.807) is 0 Å². The van der Waals surface area contributed by atoms with Crippen LogP contribution in [0, 0.1) is 23.2 Å². The minimum Gasteiger partial charge on any atom is -0.377 e. The van der Waals surface area contributed by atoms with Crippen LogP contribution in [0.15, 0.2) is 0 Å². The molecule has 18 heavy (non-hydrogen) atoms. The molecule has 4 aliphatic carbocycles. The van der Waals surface area contributed by atoms with Crippen LogP contribution in [-0.4, -0.2) is 24.8 Å². The average Bonchev–Trinajstić information content (AvgIpc) is 2.97. The zero-order valence-corrected chi connectivity index (χ0v) is 11.2. The fourth-order valence-electron chi connectivity index (χ4n) is 6.17. The summed E-state index contributed by atoms with van der Waals surface area (Å²) in [6.45, 7) is 1.03. The first-order valence-corrected chi connectivity index (χ1v) is 8.24. The molecule has 6 atom stereocenters. The zero-order chi connectivity index (χ0) is 11.7. The topological polar surface area (TPSA) is 21.3 Å². The van der Waals surface area contributed by atoms with Gasteiger partial charge in [-0.25, -0.2) is 0 Å². The summed E-state index contributed by atoms with van der Waals surface area (Å²) >= 11 is 0. The van der Waals surface area contributed by atoms with Crippen LogP contribution in [0.4, 0.5) is 0 Å². The van der Waals surface area contributed by atoms with E-state index in [9.17, 15) is 0 Å². The second-order valence-corrected chi connectivity index (χ2v) is 7.76. The van der Waals surface area contributed by atoms with Gasteiger partial charge in [0.25, 0.3) is 0 Å². The van der Waals surface area contributed by atoms with Gasteiger partial charge in [-0.1, -0.05) is 12.8 Å². The van der Waals surface area contributed by atoms with E-state index in [-0.39, 0.29) is 0 Å². The molecule has 0 amide bonds. The summed E-state index contributed by atoms with van der Waals surface area (Å²) in [5.74, 6) is 2.96. The summed E-state index contributed by atoms with van der Waals surface area (Å²) in [5.41, 5.74) is 0.586. The summed E-state index contributed by atoms with van der Waals surface area (Å²) in [4.78, 5) is 0. The van der Waals surface area contributed by atoms with Gasteiger partial charge in [-0.3, -0.25) is 0 Å². The van der Waals surface area contributed by atoms with E-state index >= 15 is 0 Å². The lowest BCUT2D eigenvalue weighted by Gasteiger charge is -2.64. The van der Waals surface area contributed by atoms with Crippen molar-refractivity contribution in [1.82, 2.24) is 5.32 Å². The quantitative estimate of drug-likeness (QED) is 0.810. The molecule has 0 aromatic heterocycles. The van der Waals surface area contributed by atoms with Crippen LogP contribution in [0.1, 0.15) is 51.4 Å². The maximum absolute atomic E-state index is 6.03. The van der Waals surface area contributed by atoms with Crippen LogP contribution in [0.25, 0.3) is 0 Å². The van der Waals surface area contributed by atoms with Crippen LogP contribution in [-0.2, 0) is 4.74 Å². The Kier molecular flexibility index (Phi) is 2.09. The van der Waals surface area contributed by atoms with Gasteiger partial charge in [-0.15, -0.1) is 0 Å². The highest BCUT2D eigenvalue weighted by Gasteiger charge is 2.66. The smallest absolute Gasteiger partial charge is 0.0690 e. The predicted molar refractivity (Wildman–Crippen MR) is 70.3 cm³/mol. The van der Waals surface area contributed by atoms with Gasteiger partial charge in [0.1, 0.15) is 0 Å². The van der Waals surface area contributed by atoms with E-state index in [4.69, 9.17) is 4.74 Å². The van der Waals surface area contributed by atoms with Crippen LogP contribution in [0.3, 0.4) is 0 Å². The first-order chi connectivity index (χ1) is 8.87. The Morgan fingerprint density at radius 2 is 2.00 bits per heavy atom. The van der Waals surface area contributed by atoms with E-state index in [1.807, 2.05) is 0 Å². The molecule has 0 unspecified atom stereocenters. The molecule has 5 aliphatic rings. The van der Waals surface area contributed by atoms with Gasteiger partial charge in [0.15, 0.2) is 0 Å². The molecule has 2 nitrogen and oxygen atoms in total. The van der Waals surface area contributed by atoms with Gasteiger partial charge in [-0.05, 0) is 50.4 Å². The van der Waals surface area contributed by atoms with Crippen molar-refractivity contribution in [2.75, 3.05) is 6.61 Å². The van der Waals surface area contributed by atoms with Crippen LogP contribution >= 0.6 is 0 Å². The van der Waals surface area contributed by atoms with Crippen LogP contribution in [0.2, 0.25) is 0 Å². The molecule has 1 N–H and O–H groups in total. The van der Waals surface area contributed by atoms with Crippen molar-refractivity contribution in [1.29, 1.82) is 0 Å². The van der Waals surface area contributed by atoms with Gasteiger partial charge in [0.2, 0.25) is 0 Å². The zero-order valence-electron chi connectivity index (χ0n) is 11.2. The van der Waals surface area contributed by atoms with Gasteiger partial charge in [0.05, 0.1) is 6.10 Å². The highest BCUT2D eigenvalue weighted by Crippen LogP contribution is 2.63. The largest absolute Gasteiger partial charge is 0.377 e. The lowest BCUT2D eigenvalue weighted by atomic mass is 9.46. The Balaban J connectivity index is 1.34. The number of rotatable bonds is 2. The normalized spacial score (nSPS) is 55.3. The third kappa shape index (κ3) is 1.17. The number of hydrogen-bond donors (Lipinski definition) is 1. The molecule has 4 saturated carbocycles. The summed E-state index contributed by atoms with van der Waals surface area (Å²) in [6.07, 6.45) is 12.3. The molecule has 5 rings (SSSR count). The number of nitrogens with one attached hydrogen (secondary N) is 1. The van der Waals surface area contributed by atoms with Crippen molar-refractivity contribution in [2.45, 2.75) is 69.6 Å². The van der Waals surface area contributed by atoms with Crippen molar-refractivity contribution in [3.8, 4) is 0 Å². The van der Waals surface area contributed by atoms with Crippen molar-refractivity contribution < 1.29 is 4.74 Å². The maximum Gasteiger partial charge on any atom is 0.0690 e. The first kappa shape index (κ1) is 10.7. The highest BCUT2D eigenvalue weighted by molar-refractivity contribution is 5.19. The standard InChI is InChI=1S/C16H25NO/c1-5-16(6-1)14(12-4-7-18-15(12)16)17-13-9-10-2-3-11(13)8-10/h10-15,17H,1-9H2/t10-,11-,12+,13+,14+,15+/m0/s1. The van der Waals surface area contributed by atoms with Gasteiger partial charge in [0, 0.05) is 30.0 Å². The van der Waals surface area contributed by atoms with Crippen LogP contribution < -0.4 is 5.32 Å². The molecule has 1 saturated heterocycles. The lowest BCUT2D eigenvalue weighted by Crippen LogP contribution is -2.72. The molecule has 0 aromatic rings. The summed E-state index contributed by atoms with van der Waals surface area (Å²) in [5, 5.41) is 4.13. The number of fused-ring (bicyclic) bond motifs is 4. The molecule has 5 fully saturated rings.